The van der Waals surface area contributed by atoms with E-state index in [1.165, 1.54) is 0 Å². The highest BCUT2D eigenvalue weighted by molar-refractivity contribution is 4.99. The van der Waals surface area contributed by atoms with E-state index < -0.39 is 18.9 Å². The third kappa shape index (κ3) is 4.27. The summed E-state index contributed by atoms with van der Waals surface area (Å²) in [6.07, 6.45) is -10.5. The summed E-state index contributed by atoms with van der Waals surface area (Å²) in [6.45, 7) is 4.00. The Balaban J connectivity index is 4.25. The molecular weight excluding hydrogens is 183 g/mol. The van der Waals surface area contributed by atoms with Gasteiger partial charge in [0, 0.05) is 0 Å². The summed E-state index contributed by atoms with van der Waals surface area (Å²) in [5.41, 5.74) is -0.359. The first-order valence-electron chi connectivity index (χ1n) is 2.92. The fraction of sp³-hybridized carbons (Fsp3) is 0.667. The number of rotatable bonds is 3. The molecule has 0 aliphatic rings. The van der Waals surface area contributed by atoms with Gasteiger partial charge in [0.05, 0.1) is 0 Å². The second-order valence-corrected chi connectivity index (χ2v) is 2.17. The van der Waals surface area contributed by atoms with Gasteiger partial charge in [0.2, 0.25) is 0 Å². The molecule has 0 aromatic carbocycles. The molecule has 0 aromatic rings. The van der Waals surface area contributed by atoms with Gasteiger partial charge in [0.1, 0.15) is 6.10 Å². The van der Waals surface area contributed by atoms with E-state index in [0.29, 0.717) is 0 Å². The summed E-state index contributed by atoms with van der Waals surface area (Å²) in [5.74, 6) is 0. The predicted octanol–water partition coefficient (Wildman–Crippen LogP) is 2.73. The molecule has 0 heterocycles. The normalized spacial score (nSPS) is 14.9. The van der Waals surface area contributed by atoms with Crippen molar-refractivity contribution < 1.29 is 26.7 Å². The Morgan fingerprint density at radius 2 is 1.75 bits per heavy atom. The molecule has 1 nitrogen and oxygen atoms in total. The van der Waals surface area contributed by atoms with Crippen LogP contribution in [-0.2, 0) is 4.74 Å². The second kappa shape index (κ2) is 3.84. The molecule has 0 rings (SSSR count). The minimum atomic E-state index is -5.06. The molecule has 0 aliphatic heterocycles. The van der Waals surface area contributed by atoms with Crippen LogP contribution in [0.15, 0.2) is 12.2 Å². The SMILES string of the molecule is C=C(C)C(OC(F)(F)F)C(F)F. The maximum Gasteiger partial charge on any atom is 0.523 e. The Morgan fingerprint density at radius 3 is 1.83 bits per heavy atom. The van der Waals surface area contributed by atoms with Crippen LogP contribution in [0.25, 0.3) is 0 Å². The lowest BCUT2D eigenvalue weighted by atomic mass is 10.2. The number of halogens is 5. The molecule has 0 aromatic heterocycles. The van der Waals surface area contributed by atoms with Gasteiger partial charge in [0.15, 0.2) is 0 Å². The van der Waals surface area contributed by atoms with Crippen molar-refractivity contribution in [2.45, 2.75) is 25.8 Å². The second-order valence-electron chi connectivity index (χ2n) is 2.17. The van der Waals surface area contributed by atoms with Gasteiger partial charge in [-0.25, -0.2) is 8.78 Å². The van der Waals surface area contributed by atoms with E-state index in [-0.39, 0.29) is 5.57 Å². The first-order chi connectivity index (χ1) is 5.24. The zero-order valence-corrected chi connectivity index (χ0v) is 6.16. The highest BCUT2D eigenvalue weighted by Gasteiger charge is 2.37. The minimum Gasteiger partial charge on any atom is -0.278 e. The maximum absolute atomic E-state index is 11.8. The Kier molecular flexibility index (Phi) is 3.63. The Bertz CT molecular complexity index is 162. The molecule has 1 unspecified atom stereocenters. The van der Waals surface area contributed by atoms with Crippen molar-refractivity contribution in [3.8, 4) is 0 Å². The van der Waals surface area contributed by atoms with Crippen LogP contribution in [0.4, 0.5) is 22.0 Å². The van der Waals surface area contributed by atoms with E-state index in [1.54, 1.807) is 0 Å². The minimum absolute atomic E-state index is 0.359. The van der Waals surface area contributed by atoms with Gasteiger partial charge in [-0.1, -0.05) is 6.58 Å². The molecule has 0 bridgehead atoms. The van der Waals surface area contributed by atoms with E-state index in [1.807, 2.05) is 0 Å². The van der Waals surface area contributed by atoms with Crippen LogP contribution in [-0.4, -0.2) is 18.9 Å². The Morgan fingerprint density at radius 1 is 1.33 bits per heavy atom. The topological polar surface area (TPSA) is 9.23 Å². The quantitative estimate of drug-likeness (QED) is 0.491. The molecule has 6 heteroatoms. The van der Waals surface area contributed by atoms with Gasteiger partial charge >= 0.3 is 6.36 Å². The Hall–Kier alpha value is -0.650. The van der Waals surface area contributed by atoms with Gasteiger partial charge in [-0.3, -0.25) is 4.74 Å². The standard InChI is InChI=1S/C6H7F5O/c1-3(2)4(5(7)8)12-6(9,10)11/h4-5H,1H2,2H3. The monoisotopic (exact) mass is 190 g/mol. The van der Waals surface area contributed by atoms with Crippen LogP contribution < -0.4 is 0 Å². The van der Waals surface area contributed by atoms with Crippen molar-refractivity contribution in [1.82, 2.24) is 0 Å². The number of hydrogen-bond acceptors (Lipinski definition) is 1. The third-order valence-corrected chi connectivity index (χ3v) is 0.975. The summed E-state index contributed by atoms with van der Waals surface area (Å²) in [5, 5.41) is 0. The summed E-state index contributed by atoms with van der Waals surface area (Å²) >= 11 is 0. The van der Waals surface area contributed by atoms with Crippen molar-refractivity contribution in [1.29, 1.82) is 0 Å². The number of alkyl halides is 5. The fourth-order valence-electron chi connectivity index (χ4n) is 0.511. The highest BCUT2D eigenvalue weighted by Crippen LogP contribution is 2.24. The summed E-state index contributed by atoms with van der Waals surface area (Å²) < 4.78 is 61.0. The third-order valence-electron chi connectivity index (χ3n) is 0.975. The zero-order chi connectivity index (χ0) is 9.94. The van der Waals surface area contributed by atoms with Crippen molar-refractivity contribution >= 4 is 0 Å². The fourth-order valence-corrected chi connectivity index (χ4v) is 0.511. The first kappa shape index (κ1) is 11.4. The summed E-state index contributed by atoms with van der Waals surface area (Å²) in [6, 6.07) is 0. The number of hydrogen-bond donors (Lipinski definition) is 0. The largest absolute Gasteiger partial charge is 0.523 e. The molecule has 0 fully saturated rings. The van der Waals surface area contributed by atoms with Crippen LogP contribution in [0.2, 0.25) is 0 Å². The molecule has 72 valence electrons. The van der Waals surface area contributed by atoms with Gasteiger partial charge in [-0.15, -0.1) is 13.2 Å². The van der Waals surface area contributed by atoms with E-state index in [2.05, 4.69) is 11.3 Å². The molecule has 0 amide bonds. The van der Waals surface area contributed by atoms with Gasteiger partial charge in [-0.2, -0.15) is 0 Å². The number of ether oxygens (including phenoxy) is 1. The zero-order valence-electron chi connectivity index (χ0n) is 6.16. The smallest absolute Gasteiger partial charge is 0.278 e. The van der Waals surface area contributed by atoms with Crippen molar-refractivity contribution in [2.24, 2.45) is 0 Å². The molecule has 12 heavy (non-hydrogen) atoms. The van der Waals surface area contributed by atoms with Crippen molar-refractivity contribution in [2.75, 3.05) is 0 Å². The van der Waals surface area contributed by atoms with Gasteiger partial charge in [0.25, 0.3) is 6.43 Å². The van der Waals surface area contributed by atoms with Crippen LogP contribution in [0.1, 0.15) is 6.92 Å². The van der Waals surface area contributed by atoms with Crippen molar-refractivity contribution in [3.63, 3.8) is 0 Å². The van der Waals surface area contributed by atoms with Crippen molar-refractivity contribution in [3.05, 3.63) is 12.2 Å². The van der Waals surface area contributed by atoms with Gasteiger partial charge < -0.3 is 0 Å². The van der Waals surface area contributed by atoms with Gasteiger partial charge in [-0.05, 0) is 12.5 Å². The van der Waals surface area contributed by atoms with E-state index in [0.717, 1.165) is 6.92 Å². The molecule has 0 aliphatic carbocycles. The van der Waals surface area contributed by atoms with E-state index >= 15 is 0 Å². The molecule has 1 atom stereocenters. The summed E-state index contributed by atoms with van der Waals surface area (Å²) in [4.78, 5) is 0. The Labute approximate surface area is 65.8 Å². The van der Waals surface area contributed by atoms with E-state index in [4.69, 9.17) is 0 Å². The average molecular weight is 190 g/mol. The maximum atomic E-state index is 11.8. The molecule has 0 radical (unpaired) electrons. The molecule has 0 spiro atoms. The first-order valence-corrected chi connectivity index (χ1v) is 2.92. The molecular formula is C6H7F5O. The lowest BCUT2D eigenvalue weighted by molar-refractivity contribution is -0.347. The van der Waals surface area contributed by atoms with Crippen LogP contribution in [0.3, 0.4) is 0 Å². The van der Waals surface area contributed by atoms with Crippen LogP contribution in [0, 0.1) is 0 Å². The molecule has 0 saturated heterocycles. The lowest BCUT2D eigenvalue weighted by Gasteiger charge is -2.18. The lowest BCUT2D eigenvalue weighted by Crippen LogP contribution is -2.30. The summed E-state index contributed by atoms with van der Waals surface area (Å²) in [7, 11) is 0. The predicted molar refractivity (Wildman–Crippen MR) is 31.7 cm³/mol. The van der Waals surface area contributed by atoms with E-state index in [9.17, 15) is 22.0 Å². The molecule has 0 saturated carbocycles. The molecule has 0 N–H and O–H groups in total. The van der Waals surface area contributed by atoms with Crippen LogP contribution in [0.5, 0.6) is 0 Å². The highest BCUT2D eigenvalue weighted by atomic mass is 19.4. The average Bonchev–Trinajstić information content (AvgIpc) is 1.79. The van der Waals surface area contributed by atoms with Crippen LogP contribution >= 0.6 is 0 Å².